The summed E-state index contributed by atoms with van der Waals surface area (Å²) >= 11 is 0. The Bertz CT molecular complexity index is 563. The highest BCUT2D eigenvalue weighted by Crippen LogP contribution is 2.29. The van der Waals surface area contributed by atoms with Crippen molar-refractivity contribution in [1.29, 1.82) is 0 Å². The van der Waals surface area contributed by atoms with Crippen molar-refractivity contribution >= 4 is 29.9 Å². The maximum atomic E-state index is 6.23. The fourth-order valence-electron chi connectivity index (χ4n) is 3.00. The van der Waals surface area contributed by atoms with Crippen LogP contribution in [0.25, 0.3) is 0 Å². The molecule has 148 valence electrons. The molecule has 26 heavy (non-hydrogen) atoms. The minimum Gasteiger partial charge on any atom is -0.497 e. The van der Waals surface area contributed by atoms with Crippen molar-refractivity contribution in [2.24, 2.45) is 4.99 Å². The Morgan fingerprint density at radius 2 is 2.00 bits per heavy atom. The van der Waals surface area contributed by atoms with Crippen molar-refractivity contribution in [3.63, 3.8) is 0 Å². The van der Waals surface area contributed by atoms with Gasteiger partial charge >= 0.3 is 0 Å². The fraction of sp³-hybridized carbons (Fsp3) is 0.632. The maximum Gasteiger partial charge on any atom is 0.191 e. The fourth-order valence-corrected chi connectivity index (χ4v) is 3.00. The lowest BCUT2D eigenvalue weighted by atomic mass is 10.2. The molecule has 6 nitrogen and oxygen atoms in total. The van der Waals surface area contributed by atoms with Gasteiger partial charge in [-0.1, -0.05) is 0 Å². The number of hydrogen-bond donors (Lipinski definition) is 2. The molecule has 1 saturated carbocycles. The molecule has 0 aliphatic heterocycles. The molecule has 1 aliphatic carbocycles. The summed E-state index contributed by atoms with van der Waals surface area (Å²) in [6.45, 7) is 3.31. The van der Waals surface area contributed by atoms with E-state index in [0.29, 0.717) is 19.3 Å². The van der Waals surface area contributed by atoms with Gasteiger partial charge < -0.3 is 24.8 Å². The smallest absolute Gasteiger partial charge is 0.191 e. The van der Waals surface area contributed by atoms with E-state index < -0.39 is 0 Å². The molecule has 1 fully saturated rings. The lowest BCUT2D eigenvalue weighted by molar-refractivity contribution is 0.179. The number of methoxy groups -OCH3 is 2. The van der Waals surface area contributed by atoms with E-state index in [1.54, 1.807) is 21.3 Å². The molecule has 0 bridgehead atoms. The zero-order valence-corrected chi connectivity index (χ0v) is 18.5. The molecular weight excluding hydrogens is 445 g/mol. The predicted molar refractivity (Wildman–Crippen MR) is 116 cm³/mol. The van der Waals surface area contributed by atoms with Crippen LogP contribution in [0.1, 0.15) is 38.2 Å². The van der Waals surface area contributed by atoms with E-state index in [0.717, 1.165) is 35.9 Å². The first kappa shape index (κ1) is 22.8. The van der Waals surface area contributed by atoms with E-state index in [9.17, 15) is 0 Å². The molecule has 7 heteroatoms. The van der Waals surface area contributed by atoms with E-state index in [1.165, 1.54) is 12.8 Å². The summed E-state index contributed by atoms with van der Waals surface area (Å²) in [7, 11) is 5.13. The highest BCUT2D eigenvalue weighted by Gasteiger charge is 2.18. The molecular formula is C19H32IN3O3. The van der Waals surface area contributed by atoms with Gasteiger partial charge in [-0.25, -0.2) is 0 Å². The van der Waals surface area contributed by atoms with Crippen molar-refractivity contribution in [3.05, 3.63) is 23.8 Å². The summed E-state index contributed by atoms with van der Waals surface area (Å²) in [5.74, 6) is 2.44. The molecule has 1 aromatic rings. The van der Waals surface area contributed by atoms with E-state index in [2.05, 4.69) is 22.5 Å². The number of guanidine groups is 1. The number of halogens is 1. The molecule has 0 saturated heterocycles. The molecule has 0 radical (unpaired) electrons. The normalized spacial score (nSPS) is 15.9. The van der Waals surface area contributed by atoms with Gasteiger partial charge in [-0.2, -0.15) is 0 Å². The Labute approximate surface area is 174 Å². The van der Waals surface area contributed by atoms with E-state index in [1.807, 2.05) is 18.2 Å². The van der Waals surface area contributed by atoms with Crippen LogP contribution in [0.15, 0.2) is 23.2 Å². The second-order valence-corrected chi connectivity index (χ2v) is 6.42. The third-order valence-corrected chi connectivity index (χ3v) is 4.34. The maximum absolute atomic E-state index is 6.23. The van der Waals surface area contributed by atoms with Crippen LogP contribution >= 0.6 is 24.0 Å². The zero-order valence-electron chi connectivity index (χ0n) is 16.2. The lowest BCUT2D eigenvalue weighted by Crippen LogP contribution is -2.43. The molecule has 2 rings (SSSR count). The van der Waals surface area contributed by atoms with Gasteiger partial charge in [0.05, 0.1) is 19.8 Å². The van der Waals surface area contributed by atoms with Gasteiger partial charge in [-0.3, -0.25) is 4.99 Å². The molecule has 0 amide bonds. The van der Waals surface area contributed by atoms with Gasteiger partial charge in [0, 0.05) is 38.4 Å². The van der Waals surface area contributed by atoms with Crippen LogP contribution in [0.4, 0.5) is 0 Å². The summed E-state index contributed by atoms with van der Waals surface area (Å²) in [6.07, 6.45) is 5.06. The summed E-state index contributed by atoms with van der Waals surface area (Å²) in [6, 6.07) is 6.16. The number of hydrogen-bond acceptors (Lipinski definition) is 4. The Kier molecular flexibility index (Phi) is 10.7. The first-order valence-electron chi connectivity index (χ1n) is 8.96. The largest absolute Gasteiger partial charge is 0.497 e. The average molecular weight is 477 g/mol. The van der Waals surface area contributed by atoms with Crippen molar-refractivity contribution in [3.8, 4) is 11.5 Å². The van der Waals surface area contributed by atoms with Gasteiger partial charge in [0.15, 0.2) is 5.96 Å². The number of nitrogens with one attached hydrogen (secondary N) is 2. The third kappa shape index (κ3) is 7.19. The van der Waals surface area contributed by atoms with E-state index in [-0.39, 0.29) is 30.0 Å². The molecule has 2 N–H and O–H groups in total. The van der Waals surface area contributed by atoms with Gasteiger partial charge in [0.25, 0.3) is 0 Å². The van der Waals surface area contributed by atoms with Crippen LogP contribution in [0.3, 0.4) is 0 Å². The standard InChI is InChI=1S/C19H31N3O3.HI/c1-14(13-23-3)22-19(20-2)21-12-15-9-10-17(24-4)11-18(15)25-16-7-5-6-8-16;/h9-11,14,16H,5-8,12-13H2,1-4H3,(H2,20,21,22);1H. The lowest BCUT2D eigenvalue weighted by Gasteiger charge is -2.20. The van der Waals surface area contributed by atoms with E-state index in [4.69, 9.17) is 14.2 Å². The van der Waals surface area contributed by atoms with Crippen LogP contribution in [-0.4, -0.2) is 46.0 Å². The molecule has 1 unspecified atom stereocenters. The monoisotopic (exact) mass is 477 g/mol. The number of rotatable bonds is 8. The highest BCUT2D eigenvalue weighted by atomic mass is 127. The third-order valence-electron chi connectivity index (χ3n) is 4.34. The number of benzene rings is 1. The van der Waals surface area contributed by atoms with Crippen molar-refractivity contribution in [2.75, 3.05) is 27.9 Å². The van der Waals surface area contributed by atoms with Crippen LogP contribution < -0.4 is 20.1 Å². The average Bonchev–Trinajstić information content (AvgIpc) is 3.12. The van der Waals surface area contributed by atoms with Crippen LogP contribution in [0.2, 0.25) is 0 Å². The molecule has 1 aliphatic rings. The van der Waals surface area contributed by atoms with Gasteiger partial charge in [-0.15, -0.1) is 24.0 Å². The van der Waals surface area contributed by atoms with Crippen molar-refractivity contribution < 1.29 is 14.2 Å². The Hall–Kier alpha value is -1.22. The van der Waals surface area contributed by atoms with Crippen LogP contribution in [-0.2, 0) is 11.3 Å². The SMILES string of the molecule is CN=C(NCc1ccc(OC)cc1OC1CCCC1)NC(C)COC.I. The highest BCUT2D eigenvalue weighted by molar-refractivity contribution is 14.0. The molecule has 1 aromatic carbocycles. The summed E-state index contributed by atoms with van der Waals surface area (Å²) in [5.41, 5.74) is 1.09. The number of aliphatic imine (C=N–C) groups is 1. The Balaban J connectivity index is 0.00000338. The minimum absolute atomic E-state index is 0. The van der Waals surface area contributed by atoms with Gasteiger partial charge in [-0.05, 0) is 44.7 Å². The topological polar surface area (TPSA) is 64.1 Å². The summed E-state index contributed by atoms with van der Waals surface area (Å²) in [5, 5.41) is 6.64. The van der Waals surface area contributed by atoms with E-state index >= 15 is 0 Å². The second kappa shape index (κ2) is 12.2. The zero-order chi connectivity index (χ0) is 18.1. The number of ether oxygens (including phenoxy) is 3. The summed E-state index contributed by atoms with van der Waals surface area (Å²) in [4.78, 5) is 4.27. The molecule has 0 heterocycles. The molecule has 0 aromatic heterocycles. The molecule has 0 spiro atoms. The Morgan fingerprint density at radius 1 is 1.27 bits per heavy atom. The van der Waals surface area contributed by atoms with Crippen molar-refractivity contribution in [1.82, 2.24) is 10.6 Å². The second-order valence-electron chi connectivity index (χ2n) is 6.42. The van der Waals surface area contributed by atoms with Crippen molar-refractivity contribution in [2.45, 2.75) is 51.3 Å². The number of nitrogens with zero attached hydrogens (tertiary/aromatic N) is 1. The van der Waals surface area contributed by atoms with Crippen LogP contribution in [0.5, 0.6) is 11.5 Å². The first-order valence-corrected chi connectivity index (χ1v) is 8.96. The Morgan fingerprint density at radius 3 is 2.62 bits per heavy atom. The predicted octanol–water partition coefficient (Wildman–Crippen LogP) is 3.33. The quantitative estimate of drug-likeness (QED) is 0.342. The van der Waals surface area contributed by atoms with Gasteiger partial charge in [0.1, 0.15) is 11.5 Å². The molecule has 1 atom stereocenters. The van der Waals surface area contributed by atoms with Crippen LogP contribution in [0, 0.1) is 0 Å². The van der Waals surface area contributed by atoms with Gasteiger partial charge in [0.2, 0.25) is 0 Å². The minimum atomic E-state index is 0. The first-order chi connectivity index (χ1) is 12.2. The summed E-state index contributed by atoms with van der Waals surface area (Å²) < 4.78 is 16.7.